The topological polar surface area (TPSA) is 62.4 Å². The summed E-state index contributed by atoms with van der Waals surface area (Å²) >= 11 is 1.63. The highest BCUT2D eigenvalue weighted by Gasteiger charge is 2.16. The Kier molecular flexibility index (Phi) is 4.22. The molecule has 0 saturated heterocycles. The van der Waals surface area contributed by atoms with Crippen molar-refractivity contribution < 1.29 is 5.11 Å². The van der Waals surface area contributed by atoms with E-state index in [1.165, 1.54) is 10.6 Å². The molecule has 1 aromatic heterocycles. The maximum atomic E-state index is 9.26. The van der Waals surface area contributed by atoms with Gasteiger partial charge < -0.3 is 10.8 Å². The predicted octanol–water partition coefficient (Wildman–Crippen LogP) is 2.54. The first-order chi connectivity index (χ1) is 10.2. The van der Waals surface area contributed by atoms with Crippen LogP contribution in [0.4, 0.5) is 5.13 Å². The Morgan fingerprint density at radius 2 is 2.00 bits per heavy atom. The van der Waals surface area contributed by atoms with Crippen LogP contribution in [-0.2, 0) is 12.8 Å². The molecule has 0 bridgehead atoms. The van der Waals surface area contributed by atoms with Gasteiger partial charge in [-0.15, -0.1) is 11.3 Å². The molecule has 0 aliphatic carbocycles. The van der Waals surface area contributed by atoms with Crippen molar-refractivity contribution in [3.05, 3.63) is 46.5 Å². The van der Waals surface area contributed by atoms with Gasteiger partial charge in [0.2, 0.25) is 0 Å². The van der Waals surface area contributed by atoms with Gasteiger partial charge in [0.05, 0.1) is 5.69 Å². The summed E-state index contributed by atoms with van der Waals surface area (Å²) in [4.78, 5) is 8.19. The summed E-state index contributed by atoms with van der Waals surface area (Å²) in [5, 5.41) is 9.95. The lowest BCUT2D eigenvalue weighted by Crippen LogP contribution is -2.26. The molecule has 0 fully saturated rings. The first-order valence-electron chi connectivity index (χ1n) is 7.13. The average Bonchev–Trinajstić information content (AvgIpc) is 2.73. The first kappa shape index (κ1) is 14.1. The van der Waals surface area contributed by atoms with Crippen molar-refractivity contribution in [2.24, 2.45) is 0 Å². The molecule has 2 aromatic rings. The van der Waals surface area contributed by atoms with E-state index in [4.69, 9.17) is 5.73 Å². The smallest absolute Gasteiger partial charge is 0.180 e. The molecule has 3 rings (SSSR count). The first-order valence-corrected chi connectivity index (χ1v) is 7.94. The maximum Gasteiger partial charge on any atom is 0.180 e. The third-order valence-electron chi connectivity index (χ3n) is 3.68. The van der Waals surface area contributed by atoms with Crippen molar-refractivity contribution in [1.82, 2.24) is 9.88 Å². The zero-order valence-electron chi connectivity index (χ0n) is 11.8. The standard InChI is InChI=1S/C16H19N3OS/c17-16-18-14-7-10-19(11-8-15(14)21-16)9-1-2-12-3-5-13(20)6-4-12/h1-6,20H,7-11H2,(H2,17,18). The minimum atomic E-state index is 0.303. The Bertz CT molecular complexity index is 608. The number of rotatable bonds is 3. The number of hydrogen-bond donors (Lipinski definition) is 2. The lowest BCUT2D eigenvalue weighted by atomic mass is 10.2. The zero-order chi connectivity index (χ0) is 14.7. The molecule has 21 heavy (non-hydrogen) atoms. The number of fused-ring (bicyclic) bond motifs is 1. The van der Waals surface area contributed by atoms with E-state index < -0.39 is 0 Å². The SMILES string of the molecule is Nc1nc2c(s1)CCN(CC=Cc1ccc(O)cc1)CC2. The number of thiazole rings is 1. The molecular formula is C16H19N3OS. The number of nitrogens with two attached hydrogens (primary N) is 1. The molecule has 110 valence electrons. The largest absolute Gasteiger partial charge is 0.508 e. The third-order valence-corrected chi connectivity index (χ3v) is 4.67. The van der Waals surface area contributed by atoms with Crippen molar-refractivity contribution >= 4 is 22.5 Å². The number of aromatic hydroxyl groups is 1. The molecule has 0 amide bonds. The lowest BCUT2D eigenvalue weighted by molar-refractivity contribution is 0.318. The second kappa shape index (κ2) is 6.28. The van der Waals surface area contributed by atoms with Crippen LogP contribution < -0.4 is 5.73 Å². The Hall–Kier alpha value is -1.85. The Morgan fingerprint density at radius 1 is 1.24 bits per heavy atom. The lowest BCUT2D eigenvalue weighted by Gasteiger charge is -2.17. The Labute approximate surface area is 128 Å². The minimum Gasteiger partial charge on any atom is -0.508 e. The van der Waals surface area contributed by atoms with Crippen LogP contribution in [0.1, 0.15) is 16.1 Å². The average molecular weight is 301 g/mol. The van der Waals surface area contributed by atoms with Crippen LogP contribution in [0.3, 0.4) is 0 Å². The van der Waals surface area contributed by atoms with Gasteiger partial charge in [0.25, 0.3) is 0 Å². The molecule has 1 aliphatic heterocycles. The molecule has 0 spiro atoms. The van der Waals surface area contributed by atoms with E-state index in [0.29, 0.717) is 10.9 Å². The van der Waals surface area contributed by atoms with E-state index >= 15 is 0 Å². The Morgan fingerprint density at radius 3 is 2.81 bits per heavy atom. The van der Waals surface area contributed by atoms with Gasteiger partial charge >= 0.3 is 0 Å². The van der Waals surface area contributed by atoms with Gasteiger partial charge in [-0.05, 0) is 24.1 Å². The number of nitrogens with zero attached hydrogens (tertiary/aromatic N) is 2. The zero-order valence-corrected chi connectivity index (χ0v) is 12.6. The van der Waals surface area contributed by atoms with Gasteiger partial charge in [0.1, 0.15) is 5.75 Å². The molecule has 2 heterocycles. The van der Waals surface area contributed by atoms with Crippen LogP contribution >= 0.6 is 11.3 Å². The highest BCUT2D eigenvalue weighted by molar-refractivity contribution is 7.15. The predicted molar refractivity (Wildman–Crippen MR) is 87.5 cm³/mol. The second-order valence-electron chi connectivity index (χ2n) is 5.22. The summed E-state index contributed by atoms with van der Waals surface area (Å²) in [6.07, 6.45) is 6.29. The molecule has 0 radical (unpaired) electrons. The molecule has 0 atom stereocenters. The van der Waals surface area contributed by atoms with Crippen molar-refractivity contribution in [2.75, 3.05) is 25.4 Å². The monoisotopic (exact) mass is 301 g/mol. The fourth-order valence-electron chi connectivity index (χ4n) is 2.54. The van der Waals surface area contributed by atoms with E-state index in [1.54, 1.807) is 23.5 Å². The van der Waals surface area contributed by atoms with Crippen LogP contribution in [0.5, 0.6) is 5.75 Å². The normalized spacial score (nSPS) is 16.0. The summed E-state index contributed by atoms with van der Waals surface area (Å²) in [6.45, 7) is 3.01. The van der Waals surface area contributed by atoms with Gasteiger partial charge in [-0.2, -0.15) is 0 Å². The highest BCUT2D eigenvalue weighted by Crippen LogP contribution is 2.24. The molecule has 3 N–H and O–H groups in total. The summed E-state index contributed by atoms with van der Waals surface area (Å²) < 4.78 is 0. The van der Waals surface area contributed by atoms with Crippen LogP contribution in [0.25, 0.3) is 6.08 Å². The van der Waals surface area contributed by atoms with E-state index in [2.05, 4.69) is 22.0 Å². The fraction of sp³-hybridized carbons (Fsp3) is 0.312. The summed E-state index contributed by atoms with van der Waals surface area (Å²) in [6, 6.07) is 7.25. The van der Waals surface area contributed by atoms with Gasteiger partial charge in [0, 0.05) is 30.9 Å². The number of aromatic nitrogens is 1. The van der Waals surface area contributed by atoms with E-state index in [9.17, 15) is 5.11 Å². The van der Waals surface area contributed by atoms with Gasteiger partial charge in [-0.25, -0.2) is 4.98 Å². The van der Waals surface area contributed by atoms with Gasteiger partial charge in [0.15, 0.2) is 5.13 Å². The molecule has 4 nitrogen and oxygen atoms in total. The van der Waals surface area contributed by atoms with Crippen LogP contribution in [0.2, 0.25) is 0 Å². The summed E-state index contributed by atoms with van der Waals surface area (Å²) in [7, 11) is 0. The van der Waals surface area contributed by atoms with Crippen molar-refractivity contribution in [1.29, 1.82) is 0 Å². The molecular weight excluding hydrogens is 282 g/mol. The van der Waals surface area contributed by atoms with Gasteiger partial charge in [-0.1, -0.05) is 24.3 Å². The van der Waals surface area contributed by atoms with Crippen molar-refractivity contribution in [3.63, 3.8) is 0 Å². The molecule has 0 saturated carbocycles. The highest BCUT2D eigenvalue weighted by atomic mass is 32.1. The van der Waals surface area contributed by atoms with Gasteiger partial charge in [-0.3, -0.25) is 4.90 Å². The van der Waals surface area contributed by atoms with E-state index in [0.717, 1.165) is 38.0 Å². The molecule has 0 unspecified atom stereocenters. The second-order valence-corrected chi connectivity index (χ2v) is 6.33. The number of phenolic OH excluding ortho intramolecular Hbond substituents is 1. The number of phenols is 1. The van der Waals surface area contributed by atoms with Crippen LogP contribution in [0.15, 0.2) is 30.3 Å². The van der Waals surface area contributed by atoms with Crippen molar-refractivity contribution in [3.8, 4) is 5.75 Å². The quantitative estimate of drug-likeness (QED) is 0.914. The van der Waals surface area contributed by atoms with Crippen LogP contribution in [-0.4, -0.2) is 34.6 Å². The van der Waals surface area contributed by atoms with E-state index in [1.807, 2.05) is 12.1 Å². The summed E-state index contributed by atoms with van der Waals surface area (Å²) in [5.74, 6) is 0.303. The van der Waals surface area contributed by atoms with Crippen molar-refractivity contribution in [2.45, 2.75) is 12.8 Å². The maximum absolute atomic E-state index is 9.26. The van der Waals surface area contributed by atoms with Crippen LogP contribution in [0, 0.1) is 0 Å². The Balaban J connectivity index is 1.55. The number of anilines is 1. The summed E-state index contributed by atoms with van der Waals surface area (Å²) in [5.41, 5.74) is 8.05. The molecule has 1 aromatic carbocycles. The minimum absolute atomic E-state index is 0.303. The third kappa shape index (κ3) is 3.62. The number of hydrogen-bond acceptors (Lipinski definition) is 5. The molecule has 5 heteroatoms. The fourth-order valence-corrected chi connectivity index (χ4v) is 3.40. The van der Waals surface area contributed by atoms with E-state index in [-0.39, 0.29) is 0 Å². The number of benzene rings is 1. The molecule has 1 aliphatic rings. The number of nitrogen functional groups attached to an aromatic ring is 1.